The van der Waals surface area contributed by atoms with Crippen LogP contribution >= 0.6 is 0 Å². The van der Waals surface area contributed by atoms with E-state index in [1.807, 2.05) is 13.1 Å². The van der Waals surface area contributed by atoms with Gasteiger partial charge in [-0.25, -0.2) is 4.98 Å². The summed E-state index contributed by atoms with van der Waals surface area (Å²) in [4.78, 5) is 33.6. The number of anilines is 1. The quantitative estimate of drug-likeness (QED) is 0.848. The third-order valence-corrected chi connectivity index (χ3v) is 5.90. The van der Waals surface area contributed by atoms with Crippen molar-refractivity contribution in [3.63, 3.8) is 0 Å². The van der Waals surface area contributed by atoms with Crippen molar-refractivity contribution in [3.8, 4) is 6.07 Å². The van der Waals surface area contributed by atoms with E-state index in [4.69, 9.17) is 0 Å². The molecular weight excluding hydrogens is 378 g/mol. The Morgan fingerprint density at radius 2 is 1.97 bits per heavy atom. The number of nitrogens with one attached hydrogen (secondary N) is 1. The standard InChI is InChI=1S/C23H25N5O2/c1-15-11-16(2)21(26-14-15)27-7-9-28(10-8-27)23(30)20-4-3-17(12-18(20)13-24)19-5-6-25-22(19)29/h3-4,11-12,14,19H,5-10H2,1-2H3,(H,25,29). The summed E-state index contributed by atoms with van der Waals surface area (Å²) in [5, 5.41) is 12.4. The first-order valence-corrected chi connectivity index (χ1v) is 10.3. The maximum absolute atomic E-state index is 13.1. The van der Waals surface area contributed by atoms with Crippen molar-refractivity contribution in [3.05, 3.63) is 58.3 Å². The maximum Gasteiger partial charge on any atom is 0.255 e. The van der Waals surface area contributed by atoms with Gasteiger partial charge in [0.15, 0.2) is 0 Å². The number of nitrogens with zero attached hydrogens (tertiary/aromatic N) is 4. The molecule has 2 aliphatic rings. The number of aryl methyl sites for hydroxylation is 2. The molecule has 7 heteroatoms. The normalized spacial score (nSPS) is 18.8. The highest BCUT2D eigenvalue weighted by Gasteiger charge is 2.29. The molecule has 2 aromatic rings. The molecule has 2 saturated heterocycles. The predicted octanol–water partition coefficient (Wildman–Crippen LogP) is 2.14. The van der Waals surface area contributed by atoms with Crippen molar-refractivity contribution in [1.29, 1.82) is 5.26 Å². The number of carbonyl (C=O) groups excluding carboxylic acids is 2. The molecule has 1 aromatic carbocycles. The summed E-state index contributed by atoms with van der Waals surface area (Å²) in [5.74, 6) is 0.566. The minimum Gasteiger partial charge on any atom is -0.356 e. The summed E-state index contributed by atoms with van der Waals surface area (Å²) >= 11 is 0. The van der Waals surface area contributed by atoms with Gasteiger partial charge in [-0.1, -0.05) is 12.1 Å². The van der Waals surface area contributed by atoms with Crippen LogP contribution in [0, 0.1) is 25.2 Å². The number of rotatable bonds is 3. The molecule has 1 N–H and O–H groups in total. The van der Waals surface area contributed by atoms with E-state index in [0.29, 0.717) is 50.3 Å². The number of pyridine rings is 1. The van der Waals surface area contributed by atoms with E-state index < -0.39 is 0 Å². The van der Waals surface area contributed by atoms with E-state index in [1.165, 1.54) is 0 Å². The van der Waals surface area contributed by atoms with Crippen molar-refractivity contribution in [2.45, 2.75) is 26.2 Å². The molecule has 154 valence electrons. The average molecular weight is 403 g/mol. The largest absolute Gasteiger partial charge is 0.356 e. The van der Waals surface area contributed by atoms with Crippen LogP contribution in [0.15, 0.2) is 30.5 Å². The summed E-state index contributed by atoms with van der Waals surface area (Å²) in [7, 11) is 0. The molecule has 0 bridgehead atoms. The Bertz CT molecular complexity index is 1030. The highest BCUT2D eigenvalue weighted by atomic mass is 16.2. The van der Waals surface area contributed by atoms with Gasteiger partial charge in [0.25, 0.3) is 5.91 Å². The van der Waals surface area contributed by atoms with Gasteiger partial charge < -0.3 is 15.1 Å². The van der Waals surface area contributed by atoms with Gasteiger partial charge in [-0.3, -0.25) is 9.59 Å². The van der Waals surface area contributed by atoms with Gasteiger partial charge in [0.05, 0.1) is 23.1 Å². The number of benzene rings is 1. The summed E-state index contributed by atoms with van der Waals surface area (Å²) in [6.07, 6.45) is 2.58. The van der Waals surface area contributed by atoms with Gasteiger partial charge in [-0.15, -0.1) is 0 Å². The number of nitriles is 1. The van der Waals surface area contributed by atoms with Crippen molar-refractivity contribution >= 4 is 17.6 Å². The van der Waals surface area contributed by atoms with Crippen molar-refractivity contribution in [1.82, 2.24) is 15.2 Å². The van der Waals surface area contributed by atoms with Gasteiger partial charge in [0, 0.05) is 38.9 Å². The fourth-order valence-corrected chi connectivity index (χ4v) is 4.30. The second-order valence-corrected chi connectivity index (χ2v) is 7.98. The molecule has 1 unspecified atom stereocenters. The minimum atomic E-state index is -0.241. The first kappa shape index (κ1) is 19.9. The Morgan fingerprint density at radius 3 is 2.60 bits per heavy atom. The van der Waals surface area contributed by atoms with Crippen molar-refractivity contribution < 1.29 is 9.59 Å². The van der Waals surface area contributed by atoms with E-state index in [-0.39, 0.29) is 17.7 Å². The zero-order valence-corrected chi connectivity index (χ0v) is 17.3. The van der Waals surface area contributed by atoms with E-state index in [0.717, 1.165) is 22.5 Å². The number of piperazine rings is 1. The molecule has 1 atom stereocenters. The average Bonchev–Trinajstić information content (AvgIpc) is 3.19. The van der Waals surface area contributed by atoms with Crippen molar-refractivity contribution in [2.75, 3.05) is 37.6 Å². The summed E-state index contributed by atoms with van der Waals surface area (Å²) in [6, 6.07) is 9.45. The Kier molecular flexibility index (Phi) is 5.40. The molecule has 0 radical (unpaired) electrons. The summed E-state index contributed by atoms with van der Waals surface area (Å²) < 4.78 is 0. The third kappa shape index (κ3) is 3.73. The number of carbonyl (C=O) groups is 2. The topological polar surface area (TPSA) is 89.3 Å². The van der Waals surface area contributed by atoms with Crippen LogP contribution in [0.4, 0.5) is 5.82 Å². The third-order valence-electron chi connectivity index (χ3n) is 5.90. The molecule has 2 aliphatic heterocycles. The van der Waals surface area contributed by atoms with Gasteiger partial charge in [0.1, 0.15) is 5.82 Å². The van der Waals surface area contributed by atoms with Crippen LogP contribution in [-0.2, 0) is 4.79 Å². The molecule has 7 nitrogen and oxygen atoms in total. The maximum atomic E-state index is 13.1. The molecule has 1 aromatic heterocycles. The summed E-state index contributed by atoms with van der Waals surface area (Å²) in [6.45, 7) is 7.27. The zero-order valence-electron chi connectivity index (χ0n) is 17.3. The Labute approximate surface area is 176 Å². The summed E-state index contributed by atoms with van der Waals surface area (Å²) in [5.41, 5.74) is 3.79. The Balaban J connectivity index is 1.47. The first-order chi connectivity index (χ1) is 14.5. The molecule has 30 heavy (non-hydrogen) atoms. The van der Waals surface area contributed by atoms with Crippen LogP contribution in [0.2, 0.25) is 0 Å². The first-order valence-electron chi connectivity index (χ1n) is 10.3. The Hall–Kier alpha value is -3.40. The molecule has 2 fully saturated rings. The second-order valence-electron chi connectivity index (χ2n) is 7.98. The molecule has 4 rings (SSSR count). The van der Waals surface area contributed by atoms with Gasteiger partial charge >= 0.3 is 0 Å². The number of hydrogen-bond acceptors (Lipinski definition) is 5. The van der Waals surface area contributed by atoms with Gasteiger partial charge in [0.2, 0.25) is 5.91 Å². The highest BCUT2D eigenvalue weighted by Crippen LogP contribution is 2.26. The van der Waals surface area contributed by atoms with Gasteiger partial charge in [-0.2, -0.15) is 5.26 Å². The monoisotopic (exact) mass is 403 g/mol. The molecule has 3 heterocycles. The van der Waals surface area contributed by atoms with Crippen LogP contribution in [0.25, 0.3) is 0 Å². The molecule has 0 aliphatic carbocycles. The van der Waals surface area contributed by atoms with E-state index in [9.17, 15) is 14.9 Å². The van der Waals surface area contributed by atoms with Crippen LogP contribution in [-0.4, -0.2) is 54.4 Å². The smallest absolute Gasteiger partial charge is 0.255 e. The van der Waals surface area contributed by atoms with Crippen molar-refractivity contribution in [2.24, 2.45) is 0 Å². The van der Waals surface area contributed by atoms with Crippen LogP contribution in [0.1, 0.15) is 45.0 Å². The number of amides is 2. The molecule has 0 saturated carbocycles. The lowest BCUT2D eigenvalue weighted by atomic mass is 9.93. The zero-order chi connectivity index (χ0) is 21.3. The number of hydrogen-bond donors (Lipinski definition) is 1. The minimum absolute atomic E-state index is 0.0194. The fourth-order valence-electron chi connectivity index (χ4n) is 4.30. The molecule has 2 amide bonds. The predicted molar refractivity (Wildman–Crippen MR) is 113 cm³/mol. The lowest BCUT2D eigenvalue weighted by molar-refractivity contribution is -0.120. The van der Waals surface area contributed by atoms with E-state index >= 15 is 0 Å². The van der Waals surface area contributed by atoms with E-state index in [2.05, 4.69) is 34.3 Å². The highest BCUT2D eigenvalue weighted by molar-refractivity contribution is 5.97. The Morgan fingerprint density at radius 1 is 1.20 bits per heavy atom. The SMILES string of the molecule is Cc1cnc(N2CCN(C(=O)c3ccc(C4CCNC4=O)cc3C#N)CC2)c(C)c1. The van der Waals surface area contributed by atoms with E-state index in [1.54, 1.807) is 23.1 Å². The lowest BCUT2D eigenvalue weighted by Gasteiger charge is -2.36. The molecular formula is C23H25N5O2. The van der Waals surface area contributed by atoms with Crippen LogP contribution in [0.3, 0.4) is 0 Å². The van der Waals surface area contributed by atoms with Crippen LogP contribution < -0.4 is 10.2 Å². The fraction of sp³-hybridized carbons (Fsp3) is 0.391. The lowest BCUT2D eigenvalue weighted by Crippen LogP contribution is -2.49. The second kappa shape index (κ2) is 8.15. The number of aromatic nitrogens is 1. The van der Waals surface area contributed by atoms with Crippen LogP contribution in [0.5, 0.6) is 0 Å². The molecule has 0 spiro atoms. The van der Waals surface area contributed by atoms with Gasteiger partial charge in [-0.05, 0) is 49.1 Å².